The number of benzene rings is 3. The highest BCUT2D eigenvalue weighted by Gasteiger charge is 2.37. The molecule has 0 bridgehead atoms. The number of hydrogen-bond acceptors (Lipinski definition) is 8. The van der Waals surface area contributed by atoms with E-state index in [0.717, 1.165) is 31.0 Å². The number of para-hydroxylation sites is 1. The number of imidazole rings is 1. The number of unbranched alkanes of at least 4 members (excludes halogenated alkanes) is 9. The minimum atomic E-state index is -3.98. The smallest absolute Gasteiger partial charge is 0.332 e. The van der Waals surface area contributed by atoms with Gasteiger partial charge in [-0.05, 0) is 42.3 Å². The van der Waals surface area contributed by atoms with E-state index in [9.17, 15) is 27.9 Å². The molecule has 52 heavy (non-hydrogen) atoms. The van der Waals surface area contributed by atoms with E-state index >= 15 is 0 Å². The minimum absolute atomic E-state index is 0.0155. The molecule has 276 valence electrons. The number of amides is 1. The van der Waals surface area contributed by atoms with Gasteiger partial charge in [-0.25, -0.2) is 22.5 Å². The normalized spacial score (nSPS) is 12.3. The molecule has 3 aromatic carbocycles. The van der Waals surface area contributed by atoms with Crippen molar-refractivity contribution in [3.05, 3.63) is 106 Å². The summed E-state index contributed by atoms with van der Waals surface area (Å²) < 4.78 is 36.1. The van der Waals surface area contributed by atoms with Crippen LogP contribution in [-0.4, -0.2) is 46.1 Å². The van der Waals surface area contributed by atoms with Gasteiger partial charge in [-0.3, -0.25) is 14.2 Å². The van der Waals surface area contributed by atoms with Gasteiger partial charge in [0, 0.05) is 6.54 Å². The van der Waals surface area contributed by atoms with Gasteiger partial charge in [-0.1, -0.05) is 124 Å². The van der Waals surface area contributed by atoms with E-state index in [0.29, 0.717) is 16.4 Å². The SMILES string of the molecule is CCCCCCCCCCCCNS(=O)(=O)c1ccc(Cl)c(NC(=O)C(C(=O)c2noc3ccccc23)n2c(O)cn(Cc3ccccc3)c2=O)c1. The van der Waals surface area contributed by atoms with Crippen molar-refractivity contribution in [1.29, 1.82) is 0 Å². The van der Waals surface area contributed by atoms with Crippen LogP contribution >= 0.6 is 11.6 Å². The van der Waals surface area contributed by atoms with Crippen LogP contribution in [0.4, 0.5) is 5.69 Å². The second-order valence-corrected chi connectivity index (χ2v) is 14.9. The second kappa shape index (κ2) is 18.2. The van der Waals surface area contributed by atoms with Crippen LogP contribution < -0.4 is 15.7 Å². The van der Waals surface area contributed by atoms with Gasteiger partial charge in [0.05, 0.1) is 33.7 Å². The lowest BCUT2D eigenvalue weighted by molar-refractivity contribution is -0.118. The molecular formula is C38H44ClN5O7S. The van der Waals surface area contributed by atoms with Crippen LogP contribution in [0.25, 0.3) is 11.0 Å². The highest BCUT2D eigenvalue weighted by atomic mass is 35.5. The summed E-state index contributed by atoms with van der Waals surface area (Å²) >= 11 is 6.41. The molecule has 0 aliphatic rings. The summed E-state index contributed by atoms with van der Waals surface area (Å²) in [7, 11) is -3.98. The number of carbonyl (C=O) groups excluding carboxylic acids is 2. The molecule has 1 atom stereocenters. The lowest BCUT2D eigenvalue weighted by Gasteiger charge is -2.18. The van der Waals surface area contributed by atoms with Crippen molar-refractivity contribution in [3.63, 3.8) is 0 Å². The average molecular weight is 750 g/mol. The number of nitrogens with one attached hydrogen (secondary N) is 2. The van der Waals surface area contributed by atoms with Crippen molar-refractivity contribution in [2.45, 2.75) is 88.6 Å². The molecule has 3 N–H and O–H groups in total. The topological polar surface area (TPSA) is 166 Å². The van der Waals surface area contributed by atoms with Gasteiger partial charge in [-0.15, -0.1) is 0 Å². The zero-order valence-corrected chi connectivity index (χ0v) is 30.7. The van der Waals surface area contributed by atoms with Gasteiger partial charge in [0.2, 0.25) is 21.7 Å². The summed E-state index contributed by atoms with van der Waals surface area (Å²) in [6.45, 7) is 2.49. The highest BCUT2D eigenvalue weighted by molar-refractivity contribution is 7.89. The molecule has 0 aliphatic carbocycles. The number of halogens is 1. The Hall–Kier alpha value is -4.72. The zero-order chi connectivity index (χ0) is 37.1. The van der Waals surface area contributed by atoms with Gasteiger partial charge < -0.3 is 14.9 Å². The van der Waals surface area contributed by atoms with E-state index in [2.05, 4.69) is 22.1 Å². The Morgan fingerprint density at radius 1 is 0.904 bits per heavy atom. The van der Waals surface area contributed by atoms with E-state index in [1.165, 1.54) is 61.3 Å². The Morgan fingerprint density at radius 3 is 2.27 bits per heavy atom. The van der Waals surface area contributed by atoms with Crippen molar-refractivity contribution in [2.75, 3.05) is 11.9 Å². The number of anilines is 1. The molecule has 0 saturated carbocycles. The highest BCUT2D eigenvalue weighted by Crippen LogP contribution is 2.29. The maximum atomic E-state index is 14.1. The largest absolute Gasteiger partial charge is 0.493 e. The van der Waals surface area contributed by atoms with Gasteiger partial charge in [0.1, 0.15) is 0 Å². The van der Waals surface area contributed by atoms with Crippen LogP contribution in [0.2, 0.25) is 5.02 Å². The maximum absolute atomic E-state index is 14.1. The molecule has 0 radical (unpaired) electrons. The molecule has 5 rings (SSSR count). The standard InChI is InChI=1S/C38H44ClN5O7S/c1-2-3-4-5-6-7-8-9-10-16-23-40-52(49,50)28-21-22-30(39)31(24-28)41-37(47)35(36(46)34-29-19-14-15-20-32(29)51-42-34)44-33(45)26-43(38(44)48)25-27-17-12-11-13-18-27/h11-15,17-22,24,26,35,40,45H,2-10,16,23,25H2,1H3,(H,41,47). The molecular weight excluding hydrogens is 706 g/mol. The number of carbonyl (C=O) groups is 2. The molecule has 0 saturated heterocycles. The number of sulfonamides is 1. The molecule has 14 heteroatoms. The summed E-state index contributed by atoms with van der Waals surface area (Å²) in [6.07, 6.45) is 12.3. The molecule has 12 nitrogen and oxygen atoms in total. The number of Topliss-reactive ketones (excluding diaryl/α,β-unsaturated/α-hetero) is 1. The molecule has 1 amide bonds. The molecule has 0 fully saturated rings. The van der Waals surface area contributed by atoms with E-state index in [1.54, 1.807) is 48.5 Å². The predicted octanol–water partition coefficient (Wildman–Crippen LogP) is 7.46. The third-order valence-electron chi connectivity index (χ3n) is 8.86. The number of rotatable bonds is 20. The Labute approximate surface area is 307 Å². The first-order valence-electron chi connectivity index (χ1n) is 17.6. The molecule has 2 heterocycles. The number of nitrogens with zero attached hydrogens (tertiary/aromatic N) is 3. The molecule has 1 unspecified atom stereocenters. The summed E-state index contributed by atoms with van der Waals surface area (Å²) in [4.78, 5) is 41.7. The first-order valence-corrected chi connectivity index (χ1v) is 19.5. The number of aromatic nitrogens is 3. The first-order chi connectivity index (χ1) is 25.1. The van der Waals surface area contributed by atoms with Gasteiger partial charge in [-0.2, -0.15) is 0 Å². The van der Waals surface area contributed by atoms with Crippen molar-refractivity contribution in [3.8, 4) is 5.88 Å². The third kappa shape index (κ3) is 9.58. The number of fused-ring (bicyclic) bond motifs is 1. The quantitative estimate of drug-likeness (QED) is 0.0419. The van der Waals surface area contributed by atoms with Crippen molar-refractivity contribution >= 4 is 50.0 Å². The van der Waals surface area contributed by atoms with Crippen molar-refractivity contribution in [1.82, 2.24) is 19.0 Å². The third-order valence-corrected chi connectivity index (χ3v) is 10.6. The monoisotopic (exact) mass is 749 g/mol. The van der Waals surface area contributed by atoms with E-state index in [1.807, 2.05) is 6.07 Å². The second-order valence-electron chi connectivity index (χ2n) is 12.8. The lowest BCUT2D eigenvalue weighted by Crippen LogP contribution is -2.39. The van der Waals surface area contributed by atoms with E-state index in [-0.39, 0.29) is 40.0 Å². The molecule has 0 spiro atoms. The fourth-order valence-electron chi connectivity index (χ4n) is 6.05. The van der Waals surface area contributed by atoms with Crippen LogP contribution in [0.5, 0.6) is 5.88 Å². The van der Waals surface area contributed by atoms with Crippen LogP contribution in [0.1, 0.15) is 93.2 Å². The summed E-state index contributed by atoms with van der Waals surface area (Å²) in [6, 6.07) is 17.3. The summed E-state index contributed by atoms with van der Waals surface area (Å²) in [5, 5.41) is 17.7. The van der Waals surface area contributed by atoms with Gasteiger partial charge >= 0.3 is 5.69 Å². The Balaban J connectivity index is 1.33. The maximum Gasteiger partial charge on any atom is 0.332 e. The van der Waals surface area contributed by atoms with E-state index < -0.39 is 39.3 Å². The first kappa shape index (κ1) is 38.5. The van der Waals surface area contributed by atoms with Gasteiger partial charge in [0.25, 0.3) is 5.91 Å². The molecule has 2 aromatic heterocycles. The number of aromatic hydroxyl groups is 1. The zero-order valence-electron chi connectivity index (χ0n) is 29.1. The fraction of sp³-hybridized carbons (Fsp3) is 0.368. The predicted molar refractivity (Wildman–Crippen MR) is 200 cm³/mol. The van der Waals surface area contributed by atoms with Crippen LogP contribution in [0.3, 0.4) is 0 Å². The Morgan fingerprint density at radius 2 is 1.56 bits per heavy atom. The fourth-order valence-corrected chi connectivity index (χ4v) is 7.31. The van der Waals surface area contributed by atoms with Crippen molar-refractivity contribution in [2.24, 2.45) is 0 Å². The molecule has 5 aromatic rings. The average Bonchev–Trinajstić information content (AvgIpc) is 3.68. The Kier molecular flexibility index (Phi) is 13.5. The van der Waals surface area contributed by atoms with Gasteiger partial charge in [0.15, 0.2) is 17.3 Å². The minimum Gasteiger partial charge on any atom is -0.493 e. The van der Waals surface area contributed by atoms with Crippen LogP contribution in [-0.2, 0) is 21.4 Å². The van der Waals surface area contributed by atoms with Crippen LogP contribution in [0.15, 0.2) is 93.2 Å². The number of ketones is 1. The lowest BCUT2D eigenvalue weighted by atomic mass is 10.0. The number of hydrogen-bond donors (Lipinski definition) is 3. The van der Waals surface area contributed by atoms with E-state index in [4.69, 9.17) is 16.1 Å². The summed E-state index contributed by atoms with van der Waals surface area (Å²) in [5.74, 6) is -2.67. The molecule has 0 aliphatic heterocycles. The Bertz CT molecular complexity index is 2140. The summed E-state index contributed by atoms with van der Waals surface area (Å²) in [5.41, 5.74) is -0.192. The van der Waals surface area contributed by atoms with Crippen LogP contribution in [0, 0.1) is 0 Å². The van der Waals surface area contributed by atoms with Crippen molar-refractivity contribution < 1.29 is 27.6 Å².